The summed E-state index contributed by atoms with van der Waals surface area (Å²) in [5.41, 5.74) is 1.40. The fraction of sp³-hybridized carbons (Fsp3) is 0.400. The summed E-state index contributed by atoms with van der Waals surface area (Å²) in [5.74, 6) is 1.40. The van der Waals surface area contributed by atoms with E-state index in [1.165, 1.54) is 6.20 Å². The van der Waals surface area contributed by atoms with Gasteiger partial charge in [-0.1, -0.05) is 0 Å². The maximum absolute atomic E-state index is 12.6. The summed E-state index contributed by atoms with van der Waals surface area (Å²) in [5, 5.41) is 0. The molecular formula is C15H17N3O3S. The molecule has 1 aliphatic heterocycles. The molecule has 0 N–H and O–H groups in total. The second kappa shape index (κ2) is 6.31. The number of aromatic nitrogens is 2. The van der Waals surface area contributed by atoms with Crippen LogP contribution >= 0.6 is 11.7 Å². The summed E-state index contributed by atoms with van der Waals surface area (Å²) < 4.78 is 18.7. The predicted octanol–water partition coefficient (Wildman–Crippen LogP) is 2.53. The van der Waals surface area contributed by atoms with E-state index >= 15 is 0 Å². The summed E-state index contributed by atoms with van der Waals surface area (Å²) in [4.78, 5) is 14.4. The van der Waals surface area contributed by atoms with Crippen LogP contribution in [-0.2, 0) is 0 Å². The normalized spacial score (nSPS) is 17.5. The molecule has 1 saturated heterocycles. The van der Waals surface area contributed by atoms with Gasteiger partial charge in [0.1, 0.15) is 11.5 Å². The highest BCUT2D eigenvalue weighted by atomic mass is 32.1. The largest absolute Gasteiger partial charge is 0.497 e. The van der Waals surface area contributed by atoms with E-state index in [4.69, 9.17) is 9.47 Å². The lowest BCUT2D eigenvalue weighted by atomic mass is 10.0. The maximum Gasteiger partial charge on any atom is 0.275 e. The van der Waals surface area contributed by atoms with Gasteiger partial charge in [0, 0.05) is 18.2 Å². The molecule has 6 nitrogen and oxygen atoms in total. The van der Waals surface area contributed by atoms with Gasteiger partial charge >= 0.3 is 0 Å². The molecule has 1 fully saturated rings. The first-order chi connectivity index (χ1) is 10.7. The number of nitrogens with zero attached hydrogens (tertiary/aromatic N) is 3. The number of carbonyl (C=O) groups excluding carboxylic acids is 1. The van der Waals surface area contributed by atoms with Gasteiger partial charge < -0.3 is 14.4 Å². The molecule has 0 saturated carbocycles. The van der Waals surface area contributed by atoms with Gasteiger partial charge in [0.25, 0.3) is 5.91 Å². The zero-order valence-electron chi connectivity index (χ0n) is 12.5. The van der Waals surface area contributed by atoms with Gasteiger partial charge in [-0.3, -0.25) is 4.79 Å². The molecule has 0 bridgehead atoms. The van der Waals surface area contributed by atoms with E-state index in [2.05, 4.69) is 8.75 Å². The first kappa shape index (κ1) is 14.8. The molecule has 1 aromatic heterocycles. The molecule has 0 unspecified atom stereocenters. The third-order valence-corrected chi connectivity index (χ3v) is 4.37. The second-order valence-corrected chi connectivity index (χ2v) is 5.61. The molecule has 3 rings (SSSR count). The fourth-order valence-corrected chi connectivity index (χ4v) is 3.24. The minimum absolute atomic E-state index is 0.00458. The minimum Gasteiger partial charge on any atom is -0.497 e. The van der Waals surface area contributed by atoms with E-state index < -0.39 is 0 Å². The molecule has 1 atom stereocenters. The Hall–Kier alpha value is -2.15. The Morgan fingerprint density at radius 3 is 2.91 bits per heavy atom. The third kappa shape index (κ3) is 2.64. The summed E-state index contributed by atoms with van der Waals surface area (Å²) in [6.45, 7) is 0.718. The number of hydrogen-bond acceptors (Lipinski definition) is 6. The Labute approximate surface area is 133 Å². The lowest BCUT2D eigenvalue weighted by Crippen LogP contribution is -2.31. The SMILES string of the molecule is COc1ccc([C@@H]2CCCN2C(=O)c2cnsn2)c(OC)c1. The van der Waals surface area contributed by atoms with E-state index in [0.29, 0.717) is 5.69 Å². The molecule has 1 aliphatic rings. The van der Waals surface area contributed by atoms with Crippen LogP contribution in [0.15, 0.2) is 24.4 Å². The minimum atomic E-state index is -0.0749. The molecular weight excluding hydrogens is 302 g/mol. The molecule has 7 heteroatoms. The lowest BCUT2D eigenvalue weighted by molar-refractivity contribution is 0.0729. The molecule has 1 aromatic carbocycles. The number of hydrogen-bond donors (Lipinski definition) is 0. The van der Waals surface area contributed by atoms with Crippen molar-refractivity contribution in [1.29, 1.82) is 0 Å². The van der Waals surface area contributed by atoms with Crippen molar-refractivity contribution in [2.24, 2.45) is 0 Å². The van der Waals surface area contributed by atoms with Crippen molar-refractivity contribution in [2.75, 3.05) is 20.8 Å². The summed E-state index contributed by atoms with van der Waals surface area (Å²) in [7, 11) is 3.25. The second-order valence-electron chi connectivity index (χ2n) is 5.06. The van der Waals surface area contributed by atoms with Gasteiger partial charge in [-0.25, -0.2) is 0 Å². The Kier molecular flexibility index (Phi) is 4.24. The molecule has 0 spiro atoms. The van der Waals surface area contributed by atoms with Crippen LogP contribution in [0.2, 0.25) is 0 Å². The molecule has 0 radical (unpaired) electrons. The van der Waals surface area contributed by atoms with Crippen molar-refractivity contribution in [3.8, 4) is 11.5 Å². The van der Waals surface area contributed by atoms with Gasteiger partial charge in [0.15, 0.2) is 5.69 Å². The van der Waals surface area contributed by atoms with Crippen LogP contribution in [0, 0.1) is 0 Å². The average molecular weight is 319 g/mol. The highest BCUT2D eigenvalue weighted by molar-refractivity contribution is 6.99. The Bertz CT molecular complexity index is 660. The monoisotopic (exact) mass is 319 g/mol. The summed E-state index contributed by atoms with van der Waals surface area (Å²) in [6, 6.07) is 5.70. The standard InChI is InChI=1S/C15H17N3O3S/c1-20-10-5-6-11(14(8-10)21-2)13-4-3-7-18(13)15(19)12-9-16-22-17-12/h5-6,8-9,13H,3-4,7H2,1-2H3/t13-/m0/s1. The first-order valence-corrected chi connectivity index (χ1v) is 7.78. The predicted molar refractivity (Wildman–Crippen MR) is 82.5 cm³/mol. The Balaban J connectivity index is 1.91. The average Bonchev–Trinajstić information content (AvgIpc) is 3.24. The molecule has 2 heterocycles. The number of ether oxygens (including phenoxy) is 2. The van der Waals surface area contributed by atoms with Crippen molar-refractivity contribution in [2.45, 2.75) is 18.9 Å². The van der Waals surface area contributed by atoms with Crippen molar-refractivity contribution >= 4 is 17.6 Å². The van der Waals surface area contributed by atoms with Crippen LogP contribution in [0.4, 0.5) is 0 Å². The van der Waals surface area contributed by atoms with Crippen LogP contribution in [0.25, 0.3) is 0 Å². The molecule has 22 heavy (non-hydrogen) atoms. The number of benzene rings is 1. The fourth-order valence-electron chi connectivity index (χ4n) is 2.83. The van der Waals surface area contributed by atoms with Gasteiger partial charge in [-0.05, 0) is 25.0 Å². The van der Waals surface area contributed by atoms with Crippen molar-refractivity contribution in [3.63, 3.8) is 0 Å². The van der Waals surface area contributed by atoms with Crippen LogP contribution in [0.3, 0.4) is 0 Å². The van der Waals surface area contributed by atoms with E-state index in [-0.39, 0.29) is 11.9 Å². The van der Waals surface area contributed by atoms with Gasteiger partial charge in [0.05, 0.1) is 38.2 Å². The van der Waals surface area contributed by atoms with Crippen molar-refractivity contribution < 1.29 is 14.3 Å². The molecule has 0 aliphatic carbocycles. The highest BCUT2D eigenvalue weighted by Gasteiger charge is 2.33. The van der Waals surface area contributed by atoms with Crippen molar-refractivity contribution in [3.05, 3.63) is 35.7 Å². The number of rotatable bonds is 4. The quantitative estimate of drug-likeness (QED) is 0.866. The number of carbonyl (C=O) groups is 1. The van der Waals surface area contributed by atoms with Gasteiger partial charge in [-0.2, -0.15) is 8.75 Å². The highest BCUT2D eigenvalue weighted by Crippen LogP contribution is 2.39. The lowest BCUT2D eigenvalue weighted by Gasteiger charge is -2.25. The summed E-state index contributed by atoms with van der Waals surface area (Å²) >= 11 is 1.05. The van der Waals surface area contributed by atoms with E-state index in [1.807, 2.05) is 23.1 Å². The first-order valence-electron chi connectivity index (χ1n) is 7.05. The van der Waals surface area contributed by atoms with Crippen molar-refractivity contribution in [1.82, 2.24) is 13.6 Å². The maximum atomic E-state index is 12.6. The van der Waals surface area contributed by atoms with Gasteiger partial charge in [-0.15, -0.1) is 0 Å². The number of methoxy groups -OCH3 is 2. The summed E-state index contributed by atoms with van der Waals surface area (Å²) in [6.07, 6.45) is 3.39. The van der Waals surface area contributed by atoms with Crippen LogP contribution in [-0.4, -0.2) is 40.3 Å². The third-order valence-electron chi connectivity index (χ3n) is 3.89. The molecule has 1 amide bonds. The Morgan fingerprint density at radius 1 is 1.36 bits per heavy atom. The van der Waals surface area contributed by atoms with Crippen LogP contribution < -0.4 is 9.47 Å². The van der Waals surface area contributed by atoms with E-state index in [0.717, 1.165) is 48.2 Å². The van der Waals surface area contributed by atoms with E-state index in [1.54, 1.807) is 14.2 Å². The zero-order valence-corrected chi connectivity index (χ0v) is 13.3. The number of amides is 1. The zero-order chi connectivity index (χ0) is 15.5. The molecule has 2 aromatic rings. The number of likely N-dealkylation sites (tertiary alicyclic amines) is 1. The smallest absolute Gasteiger partial charge is 0.275 e. The molecule has 116 valence electrons. The van der Waals surface area contributed by atoms with E-state index in [9.17, 15) is 4.79 Å². The van der Waals surface area contributed by atoms with Crippen LogP contribution in [0.5, 0.6) is 11.5 Å². The van der Waals surface area contributed by atoms with Crippen LogP contribution in [0.1, 0.15) is 34.9 Å². The van der Waals surface area contributed by atoms with Gasteiger partial charge in [0.2, 0.25) is 0 Å². The topological polar surface area (TPSA) is 64.5 Å². The Morgan fingerprint density at radius 2 is 2.23 bits per heavy atom.